The summed E-state index contributed by atoms with van der Waals surface area (Å²) in [6.07, 6.45) is 2.26. The van der Waals surface area contributed by atoms with Crippen molar-refractivity contribution >= 4 is 40.8 Å². The molecule has 0 spiro atoms. The predicted molar refractivity (Wildman–Crippen MR) is 124 cm³/mol. The SMILES string of the molecule is CNC(=O)c1cc(Oc2ccc3c(c2)CN(C(=O)Nc2ccc(Cl)c(Cl)c2)CC3)ccn1. The second-order valence-corrected chi connectivity index (χ2v) is 8.03. The molecule has 0 unspecified atom stereocenters. The van der Waals surface area contributed by atoms with E-state index < -0.39 is 0 Å². The zero-order valence-electron chi connectivity index (χ0n) is 17.2. The van der Waals surface area contributed by atoms with Crippen molar-refractivity contribution < 1.29 is 14.3 Å². The van der Waals surface area contributed by atoms with Gasteiger partial charge in [0, 0.05) is 38.1 Å². The predicted octanol–water partition coefficient (Wildman–Crippen LogP) is 5.13. The van der Waals surface area contributed by atoms with Crippen LogP contribution < -0.4 is 15.4 Å². The van der Waals surface area contributed by atoms with Crippen LogP contribution in [0.3, 0.4) is 0 Å². The molecule has 0 saturated carbocycles. The molecule has 9 heteroatoms. The molecule has 1 aliphatic heterocycles. The van der Waals surface area contributed by atoms with Crippen LogP contribution in [0.2, 0.25) is 10.0 Å². The Balaban J connectivity index is 1.46. The van der Waals surface area contributed by atoms with Gasteiger partial charge in [-0.05, 0) is 53.9 Å². The highest BCUT2D eigenvalue weighted by Crippen LogP contribution is 2.29. The maximum atomic E-state index is 12.7. The summed E-state index contributed by atoms with van der Waals surface area (Å²) in [5.74, 6) is 0.831. The summed E-state index contributed by atoms with van der Waals surface area (Å²) in [6, 6.07) is 13.8. The lowest BCUT2D eigenvalue weighted by Crippen LogP contribution is -2.38. The number of anilines is 1. The Bertz CT molecular complexity index is 1190. The molecule has 3 amide bonds. The normalized spacial score (nSPS) is 12.7. The van der Waals surface area contributed by atoms with Crippen LogP contribution in [0.5, 0.6) is 11.5 Å². The number of rotatable bonds is 4. The standard InChI is InChI=1S/C23H20Cl2N4O3/c1-26-22(30)21-12-18(6-8-27-21)32-17-4-2-14-7-9-29(13-15(14)10-17)23(31)28-16-3-5-19(24)20(25)11-16/h2-6,8,10-12H,7,9,13H2,1H3,(H,26,30)(H,28,31). The van der Waals surface area contributed by atoms with E-state index in [4.69, 9.17) is 27.9 Å². The van der Waals surface area contributed by atoms with Crippen LogP contribution in [0.25, 0.3) is 0 Å². The molecule has 3 aromatic rings. The molecule has 0 radical (unpaired) electrons. The van der Waals surface area contributed by atoms with Crippen molar-refractivity contribution in [1.82, 2.24) is 15.2 Å². The van der Waals surface area contributed by atoms with Gasteiger partial charge in [-0.25, -0.2) is 4.79 Å². The van der Waals surface area contributed by atoms with E-state index in [0.717, 1.165) is 17.5 Å². The van der Waals surface area contributed by atoms with Crippen LogP contribution in [-0.4, -0.2) is 35.4 Å². The lowest BCUT2D eigenvalue weighted by atomic mass is 10.00. The van der Waals surface area contributed by atoms with E-state index in [1.165, 1.54) is 6.20 Å². The summed E-state index contributed by atoms with van der Waals surface area (Å²) in [5.41, 5.74) is 3.01. The Morgan fingerprint density at radius 2 is 1.81 bits per heavy atom. The van der Waals surface area contributed by atoms with Crippen molar-refractivity contribution in [2.75, 3.05) is 18.9 Å². The smallest absolute Gasteiger partial charge is 0.322 e. The van der Waals surface area contributed by atoms with Gasteiger partial charge in [0.1, 0.15) is 17.2 Å². The lowest BCUT2D eigenvalue weighted by Gasteiger charge is -2.29. The highest BCUT2D eigenvalue weighted by Gasteiger charge is 2.21. The van der Waals surface area contributed by atoms with Gasteiger partial charge in [0.05, 0.1) is 10.0 Å². The zero-order valence-corrected chi connectivity index (χ0v) is 18.7. The first-order valence-corrected chi connectivity index (χ1v) is 10.7. The maximum Gasteiger partial charge on any atom is 0.322 e. The van der Waals surface area contributed by atoms with E-state index in [-0.39, 0.29) is 17.6 Å². The monoisotopic (exact) mass is 470 g/mol. The maximum absolute atomic E-state index is 12.7. The molecule has 2 N–H and O–H groups in total. The fourth-order valence-electron chi connectivity index (χ4n) is 3.41. The van der Waals surface area contributed by atoms with Crippen LogP contribution in [0.4, 0.5) is 10.5 Å². The molecule has 1 aliphatic rings. The van der Waals surface area contributed by atoms with Gasteiger partial charge in [-0.3, -0.25) is 9.78 Å². The van der Waals surface area contributed by atoms with Crippen molar-refractivity contribution in [3.05, 3.63) is 81.6 Å². The summed E-state index contributed by atoms with van der Waals surface area (Å²) >= 11 is 12.0. The number of amides is 3. The number of urea groups is 1. The molecule has 2 aromatic carbocycles. The summed E-state index contributed by atoms with van der Waals surface area (Å²) in [5, 5.41) is 6.20. The number of hydrogen-bond acceptors (Lipinski definition) is 4. The van der Waals surface area contributed by atoms with Crippen molar-refractivity contribution in [2.45, 2.75) is 13.0 Å². The fourth-order valence-corrected chi connectivity index (χ4v) is 3.71. The Kier molecular flexibility index (Phi) is 6.48. The summed E-state index contributed by atoms with van der Waals surface area (Å²) < 4.78 is 5.93. The molecule has 32 heavy (non-hydrogen) atoms. The summed E-state index contributed by atoms with van der Waals surface area (Å²) in [6.45, 7) is 1.04. The van der Waals surface area contributed by atoms with E-state index >= 15 is 0 Å². The Labute approximate surface area is 195 Å². The van der Waals surface area contributed by atoms with Crippen LogP contribution in [-0.2, 0) is 13.0 Å². The van der Waals surface area contributed by atoms with Crippen LogP contribution in [0.1, 0.15) is 21.6 Å². The molecule has 0 fully saturated rings. The quantitative estimate of drug-likeness (QED) is 0.553. The third-order valence-corrected chi connectivity index (χ3v) is 5.81. The fraction of sp³-hybridized carbons (Fsp3) is 0.174. The van der Waals surface area contributed by atoms with Gasteiger partial charge in [0.25, 0.3) is 5.91 Å². The van der Waals surface area contributed by atoms with Gasteiger partial charge in [0.15, 0.2) is 0 Å². The highest BCUT2D eigenvalue weighted by atomic mass is 35.5. The van der Waals surface area contributed by atoms with Crippen LogP contribution >= 0.6 is 23.2 Å². The third-order valence-electron chi connectivity index (χ3n) is 5.07. The zero-order chi connectivity index (χ0) is 22.7. The molecule has 1 aromatic heterocycles. The summed E-state index contributed by atoms with van der Waals surface area (Å²) in [4.78, 5) is 30.3. The second-order valence-electron chi connectivity index (χ2n) is 7.22. The Hall–Kier alpha value is -3.29. The molecule has 0 atom stereocenters. The van der Waals surface area contributed by atoms with Crippen LogP contribution in [0, 0.1) is 0 Å². The topological polar surface area (TPSA) is 83.6 Å². The molecule has 2 heterocycles. The van der Waals surface area contributed by atoms with Gasteiger partial charge in [-0.15, -0.1) is 0 Å². The first-order chi connectivity index (χ1) is 15.4. The largest absolute Gasteiger partial charge is 0.457 e. The first kappa shape index (κ1) is 21.9. The number of halogens is 2. The number of aromatic nitrogens is 1. The number of carbonyl (C=O) groups is 2. The van der Waals surface area contributed by atoms with Crippen LogP contribution in [0.15, 0.2) is 54.7 Å². The van der Waals surface area contributed by atoms with Gasteiger partial charge in [-0.1, -0.05) is 29.3 Å². The molecule has 0 saturated heterocycles. The summed E-state index contributed by atoms with van der Waals surface area (Å²) in [7, 11) is 1.55. The van der Waals surface area contributed by atoms with E-state index in [1.807, 2.05) is 18.2 Å². The van der Waals surface area contributed by atoms with E-state index in [0.29, 0.717) is 40.3 Å². The van der Waals surface area contributed by atoms with Crippen molar-refractivity contribution in [3.63, 3.8) is 0 Å². The number of nitrogens with zero attached hydrogens (tertiary/aromatic N) is 2. The Morgan fingerprint density at radius 3 is 2.59 bits per heavy atom. The molecular formula is C23H20Cl2N4O3. The number of ether oxygens (including phenoxy) is 1. The molecular weight excluding hydrogens is 451 g/mol. The third kappa shape index (κ3) is 4.95. The van der Waals surface area contributed by atoms with Gasteiger partial charge in [-0.2, -0.15) is 0 Å². The van der Waals surface area contributed by atoms with Crippen molar-refractivity contribution in [3.8, 4) is 11.5 Å². The number of hydrogen-bond donors (Lipinski definition) is 2. The second kappa shape index (κ2) is 9.46. The number of fused-ring (bicyclic) bond motifs is 1. The average Bonchev–Trinajstić information content (AvgIpc) is 2.80. The number of nitrogens with one attached hydrogen (secondary N) is 2. The van der Waals surface area contributed by atoms with E-state index in [2.05, 4.69) is 15.6 Å². The van der Waals surface area contributed by atoms with E-state index in [1.54, 1.807) is 42.3 Å². The molecule has 7 nitrogen and oxygen atoms in total. The minimum absolute atomic E-state index is 0.218. The average molecular weight is 471 g/mol. The number of benzene rings is 2. The minimum atomic E-state index is -0.287. The molecule has 4 rings (SSSR count). The molecule has 0 aliphatic carbocycles. The molecule has 0 bridgehead atoms. The number of pyridine rings is 1. The van der Waals surface area contributed by atoms with E-state index in [9.17, 15) is 9.59 Å². The molecule has 164 valence electrons. The van der Waals surface area contributed by atoms with Gasteiger partial charge >= 0.3 is 6.03 Å². The van der Waals surface area contributed by atoms with Crippen molar-refractivity contribution in [2.24, 2.45) is 0 Å². The van der Waals surface area contributed by atoms with Gasteiger partial charge in [0.2, 0.25) is 0 Å². The van der Waals surface area contributed by atoms with Crippen molar-refractivity contribution in [1.29, 1.82) is 0 Å². The highest BCUT2D eigenvalue weighted by molar-refractivity contribution is 6.42. The number of carbonyl (C=O) groups excluding carboxylic acids is 2. The minimum Gasteiger partial charge on any atom is -0.457 e. The van der Waals surface area contributed by atoms with Gasteiger partial charge < -0.3 is 20.3 Å². The Morgan fingerprint density at radius 1 is 1.00 bits per heavy atom. The first-order valence-electron chi connectivity index (χ1n) is 9.91. The lowest BCUT2D eigenvalue weighted by molar-refractivity contribution is 0.0958.